The normalized spacial score (nSPS) is 11.6. The first-order valence-electron chi connectivity index (χ1n) is 6.89. The Morgan fingerprint density at radius 2 is 2.13 bits per heavy atom. The molecule has 23 heavy (non-hydrogen) atoms. The van der Waals surface area contributed by atoms with Crippen LogP contribution in [0.1, 0.15) is 24.0 Å². The maximum absolute atomic E-state index is 12.3. The number of rotatable bonds is 4. The molecule has 1 aromatic heterocycles. The van der Waals surface area contributed by atoms with Crippen molar-refractivity contribution in [3.8, 4) is 6.07 Å². The molecule has 0 saturated carbocycles. The molecule has 7 heteroatoms. The van der Waals surface area contributed by atoms with Crippen molar-refractivity contribution in [3.05, 3.63) is 46.4 Å². The predicted molar refractivity (Wildman–Crippen MR) is 91.6 cm³/mol. The lowest BCUT2D eigenvalue weighted by Gasteiger charge is -2.13. The molecule has 1 atom stereocenters. The van der Waals surface area contributed by atoms with E-state index in [0.717, 1.165) is 0 Å². The number of thioether (sulfide) groups is 1. The molecule has 0 saturated heterocycles. The predicted octanol–water partition coefficient (Wildman–Crippen LogP) is 3.74. The van der Waals surface area contributed by atoms with Crippen LogP contribution in [0.25, 0.3) is 0 Å². The van der Waals surface area contributed by atoms with E-state index in [1.54, 1.807) is 45.0 Å². The smallest absolute Gasteiger partial charge is 0.237 e. The number of nitrogens with one attached hydrogen (secondary N) is 1. The minimum atomic E-state index is -0.421. The van der Waals surface area contributed by atoms with Crippen molar-refractivity contribution < 1.29 is 4.79 Å². The van der Waals surface area contributed by atoms with Crippen molar-refractivity contribution in [2.24, 2.45) is 0 Å². The zero-order chi connectivity index (χ0) is 17.0. The van der Waals surface area contributed by atoms with Crippen LogP contribution in [-0.4, -0.2) is 21.1 Å². The Hall–Kier alpha value is -2.10. The SMILES string of the molecule is Cc1nc(C)c(C#N)c(SC(C)C(=O)Nc2cccc(Cl)c2)n1. The Morgan fingerprint density at radius 1 is 1.39 bits per heavy atom. The number of nitrogens with zero attached hydrogens (tertiary/aromatic N) is 3. The Morgan fingerprint density at radius 3 is 2.78 bits per heavy atom. The minimum Gasteiger partial charge on any atom is -0.325 e. The fourth-order valence-corrected chi connectivity index (χ4v) is 3.11. The van der Waals surface area contributed by atoms with E-state index in [1.165, 1.54) is 11.8 Å². The number of nitriles is 1. The van der Waals surface area contributed by atoms with Gasteiger partial charge in [0.2, 0.25) is 5.91 Å². The van der Waals surface area contributed by atoms with Gasteiger partial charge in [0, 0.05) is 10.7 Å². The maximum atomic E-state index is 12.3. The molecule has 1 N–H and O–H groups in total. The van der Waals surface area contributed by atoms with Crippen molar-refractivity contribution in [1.82, 2.24) is 9.97 Å². The van der Waals surface area contributed by atoms with Crippen molar-refractivity contribution in [1.29, 1.82) is 5.26 Å². The second-order valence-electron chi connectivity index (χ2n) is 4.91. The molecule has 0 spiro atoms. The lowest BCUT2D eigenvalue weighted by molar-refractivity contribution is -0.115. The standard InChI is InChI=1S/C16H15ClN4OS/c1-9-14(8-18)16(20-11(3)19-9)23-10(2)15(22)21-13-6-4-5-12(17)7-13/h4-7,10H,1-3H3,(H,21,22). The number of carbonyl (C=O) groups is 1. The monoisotopic (exact) mass is 346 g/mol. The van der Waals surface area contributed by atoms with Crippen LogP contribution in [0, 0.1) is 25.2 Å². The summed E-state index contributed by atoms with van der Waals surface area (Å²) in [6.45, 7) is 5.28. The average Bonchev–Trinajstić information content (AvgIpc) is 2.46. The van der Waals surface area contributed by atoms with Crippen molar-refractivity contribution in [2.45, 2.75) is 31.0 Å². The van der Waals surface area contributed by atoms with E-state index >= 15 is 0 Å². The Bertz CT molecular complexity index is 788. The lowest BCUT2D eigenvalue weighted by Crippen LogP contribution is -2.22. The van der Waals surface area contributed by atoms with Gasteiger partial charge in [-0.3, -0.25) is 4.79 Å². The topological polar surface area (TPSA) is 78.7 Å². The summed E-state index contributed by atoms with van der Waals surface area (Å²) >= 11 is 7.14. The molecule has 1 heterocycles. The third kappa shape index (κ3) is 4.44. The first-order valence-corrected chi connectivity index (χ1v) is 8.15. The van der Waals surface area contributed by atoms with E-state index in [9.17, 15) is 10.1 Å². The van der Waals surface area contributed by atoms with Crippen molar-refractivity contribution in [2.75, 3.05) is 5.32 Å². The number of amides is 1. The number of aromatic nitrogens is 2. The molecule has 118 valence electrons. The highest BCUT2D eigenvalue weighted by atomic mass is 35.5. The van der Waals surface area contributed by atoms with E-state index in [1.807, 2.05) is 0 Å². The molecular weight excluding hydrogens is 332 g/mol. The van der Waals surface area contributed by atoms with E-state index in [0.29, 0.717) is 32.8 Å². The molecule has 0 aliphatic rings. The minimum absolute atomic E-state index is 0.185. The molecule has 0 aliphatic heterocycles. The van der Waals surface area contributed by atoms with Gasteiger partial charge in [-0.05, 0) is 39.0 Å². The molecule has 1 aromatic carbocycles. The molecule has 0 bridgehead atoms. The fourth-order valence-electron chi connectivity index (χ4n) is 1.93. The number of carbonyl (C=O) groups excluding carboxylic acids is 1. The van der Waals surface area contributed by atoms with Crippen LogP contribution in [0.3, 0.4) is 0 Å². The van der Waals surface area contributed by atoms with Crippen molar-refractivity contribution >= 4 is 35.0 Å². The van der Waals surface area contributed by atoms with E-state index < -0.39 is 5.25 Å². The van der Waals surface area contributed by atoms with E-state index in [4.69, 9.17) is 11.6 Å². The largest absolute Gasteiger partial charge is 0.325 e. The van der Waals surface area contributed by atoms with Crippen LogP contribution in [0.5, 0.6) is 0 Å². The molecule has 0 fully saturated rings. The second kappa shape index (κ2) is 7.44. The number of hydrogen-bond acceptors (Lipinski definition) is 5. The Kier molecular flexibility index (Phi) is 5.59. The van der Waals surface area contributed by atoms with E-state index in [-0.39, 0.29) is 5.91 Å². The summed E-state index contributed by atoms with van der Waals surface area (Å²) in [7, 11) is 0. The van der Waals surface area contributed by atoms with Gasteiger partial charge < -0.3 is 5.32 Å². The summed E-state index contributed by atoms with van der Waals surface area (Å²) in [6.07, 6.45) is 0. The zero-order valence-electron chi connectivity index (χ0n) is 12.9. The van der Waals surface area contributed by atoms with Crippen molar-refractivity contribution in [3.63, 3.8) is 0 Å². The van der Waals surface area contributed by atoms with Crippen LogP contribution in [0.15, 0.2) is 29.3 Å². The number of aryl methyl sites for hydroxylation is 2. The quantitative estimate of drug-likeness (QED) is 0.674. The van der Waals surface area contributed by atoms with Gasteiger partial charge in [-0.2, -0.15) is 5.26 Å². The summed E-state index contributed by atoms with van der Waals surface area (Å²) in [5.41, 5.74) is 1.65. The van der Waals surface area contributed by atoms with Crippen LogP contribution >= 0.6 is 23.4 Å². The van der Waals surface area contributed by atoms with Gasteiger partial charge >= 0.3 is 0 Å². The van der Waals surface area contributed by atoms with Gasteiger partial charge in [0.05, 0.1) is 10.9 Å². The number of anilines is 1. The zero-order valence-corrected chi connectivity index (χ0v) is 14.5. The van der Waals surface area contributed by atoms with Gasteiger partial charge in [-0.1, -0.05) is 29.4 Å². The fraction of sp³-hybridized carbons (Fsp3) is 0.250. The average molecular weight is 347 g/mol. The molecule has 5 nitrogen and oxygen atoms in total. The third-order valence-electron chi connectivity index (χ3n) is 3.03. The molecule has 1 unspecified atom stereocenters. The first-order chi connectivity index (χ1) is 10.9. The molecule has 2 rings (SSSR count). The van der Waals surface area contributed by atoms with Crippen LogP contribution in [0.2, 0.25) is 5.02 Å². The summed E-state index contributed by atoms with van der Waals surface area (Å²) in [4.78, 5) is 20.7. The van der Waals surface area contributed by atoms with E-state index in [2.05, 4.69) is 21.4 Å². The highest BCUT2D eigenvalue weighted by molar-refractivity contribution is 8.00. The summed E-state index contributed by atoms with van der Waals surface area (Å²) in [6, 6.07) is 9.04. The second-order valence-corrected chi connectivity index (χ2v) is 6.67. The van der Waals surface area contributed by atoms with Crippen LogP contribution in [-0.2, 0) is 4.79 Å². The Balaban J connectivity index is 2.14. The molecule has 2 aromatic rings. The highest BCUT2D eigenvalue weighted by Crippen LogP contribution is 2.27. The van der Waals surface area contributed by atoms with Crippen LogP contribution < -0.4 is 5.32 Å². The van der Waals surface area contributed by atoms with Gasteiger partial charge in [-0.25, -0.2) is 9.97 Å². The third-order valence-corrected chi connectivity index (χ3v) is 4.35. The highest BCUT2D eigenvalue weighted by Gasteiger charge is 2.19. The molecule has 0 radical (unpaired) electrons. The summed E-state index contributed by atoms with van der Waals surface area (Å²) in [5.74, 6) is 0.390. The first kappa shape index (κ1) is 17.3. The maximum Gasteiger partial charge on any atom is 0.237 e. The summed E-state index contributed by atoms with van der Waals surface area (Å²) in [5, 5.41) is 12.7. The Labute approximate surface area is 144 Å². The molecular formula is C16H15ClN4OS. The van der Waals surface area contributed by atoms with Gasteiger partial charge in [-0.15, -0.1) is 0 Å². The van der Waals surface area contributed by atoms with Gasteiger partial charge in [0.25, 0.3) is 0 Å². The molecule has 1 amide bonds. The van der Waals surface area contributed by atoms with Crippen LogP contribution in [0.4, 0.5) is 5.69 Å². The lowest BCUT2D eigenvalue weighted by atomic mass is 10.3. The number of benzene rings is 1. The molecule has 0 aliphatic carbocycles. The summed E-state index contributed by atoms with van der Waals surface area (Å²) < 4.78 is 0. The van der Waals surface area contributed by atoms with Gasteiger partial charge in [0.1, 0.15) is 22.5 Å². The number of hydrogen-bond donors (Lipinski definition) is 1. The number of halogens is 1. The van der Waals surface area contributed by atoms with Gasteiger partial charge in [0.15, 0.2) is 0 Å².